The van der Waals surface area contributed by atoms with Crippen molar-refractivity contribution in [2.45, 2.75) is 0 Å². The molecule has 0 atom stereocenters. The summed E-state index contributed by atoms with van der Waals surface area (Å²) in [6.07, 6.45) is 0. The first-order valence-corrected chi connectivity index (χ1v) is 5.05. The second-order valence-corrected chi connectivity index (χ2v) is 3.37. The van der Waals surface area contributed by atoms with E-state index in [2.05, 4.69) is 10.4 Å². The first kappa shape index (κ1) is 11.8. The van der Waals surface area contributed by atoms with Crippen LogP contribution in [0.2, 0.25) is 0 Å². The van der Waals surface area contributed by atoms with Gasteiger partial charge in [0.25, 0.3) is 5.69 Å². The number of ether oxygens (including phenoxy) is 1. The van der Waals surface area contributed by atoms with Gasteiger partial charge in [0.05, 0.1) is 17.1 Å². The largest absolute Gasteiger partial charge is 0.439 e. The van der Waals surface area contributed by atoms with Gasteiger partial charge in [-0.3, -0.25) is 10.1 Å². The minimum absolute atomic E-state index is 0.100. The van der Waals surface area contributed by atoms with E-state index in [4.69, 9.17) is 10.6 Å². The molecule has 0 saturated heterocycles. The molecule has 0 aliphatic rings. The Morgan fingerprint density at radius 3 is 2.61 bits per heavy atom. The Morgan fingerprint density at radius 1 is 1.28 bits per heavy atom. The van der Waals surface area contributed by atoms with E-state index in [0.29, 0.717) is 5.75 Å². The highest BCUT2D eigenvalue weighted by Gasteiger charge is 2.12. The van der Waals surface area contributed by atoms with Gasteiger partial charge in [0.15, 0.2) is 5.82 Å². The summed E-state index contributed by atoms with van der Waals surface area (Å²) in [6.45, 7) is 0. The van der Waals surface area contributed by atoms with Crippen molar-refractivity contribution in [2.75, 3.05) is 5.43 Å². The van der Waals surface area contributed by atoms with E-state index < -0.39 is 4.92 Å². The highest BCUT2D eigenvalue weighted by Crippen LogP contribution is 2.25. The molecule has 1 aromatic carbocycles. The SMILES string of the molecule is NNc1cc([N+](=O)[O-])cc(Oc2ccccc2)n1. The van der Waals surface area contributed by atoms with Gasteiger partial charge >= 0.3 is 0 Å². The maximum Gasteiger partial charge on any atom is 0.278 e. The number of pyridine rings is 1. The zero-order chi connectivity index (χ0) is 13.0. The van der Waals surface area contributed by atoms with Gasteiger partial charge in [0.1, 0.15) is 5.75 Å². The Morgan fingerprint density at radius 2 is 2.00 bits per heavy atom. The van der Waals surface area contributed by atoms with Crippen molar-refractivity contribution in [1.82, 2.24) is 4.98 Å². The van der Waals surface area contributed by atoms with Gasteiger partial charge in [-0.25, -0.2) is 5.84 Å². The molecular weight excluding hydrogens is 236 g/mol. The molecule has 0 saturated carbocycles. The van der Waals surface area contributed by atoms with Crippen LogP contribution in [-0.4, -0.2) is 9.91 Å². The quantitative estimate of drug-likeness (QED) is 0.486. The predicted octanol–water partition coefficient (Wildman–Crippen LogP) is 2.07. The number of para-hydroxylation sites is 1. The van der Waals surface area contributed by atoms with Crippen LogP contribution in [0.5, 0.6) is 11.6 Å². The Bertz CT molecular complexity index is 559. The average molecular weight is 246 g/mol. The summed E-state index contributed by atoms with van der Waals surface area (Å²) in [7, 11) is 0. The summed E-state index contributed by atoms with van der Waals surface area (Å²) in [5.41, 5.74) is 2.10. The van der Waals surface area contributed by atoms with E-state index in [1.165, 1.54) is 12.1 Å². The Kier molecular flexibility index (Phi) is 3.35. The molecule has 0 aliphatic heterocycles. The molecule has 1 aromatic heterocycles. The lowest BCUT2D eigenvalue weighted by atomic mass is 10.3. The van der Waals surface area contributed by atoms with Crippen LogP contribution in [0.3, 0.4) is 0 Å². The lowest BCUT2D eigenvalue weighted by molar-refractivity contribution is -0.384. The highest BCUT2D eigenvalue weighted by atomic mass is 16.6. The van der Waals surface area contributed by atoms with E-state index in [0.717, 1.165) is 0 Å². The lowest BCUT2D eigenvalue weighted by Gasteiger charge is -2.06. The molecule has 18 heavy (non-hydrogen) atoms. The monoisotopic (exact) mass is 246 g/mol. The zero-order valence-electron chi connectivity index (χ0n) is 9.24. The minimum atomic E-state index is -0.541. The van der Waals surface area contributed by atoms with Crippen LogP contribution in [0.25, 0.3) is 0 Å². The van der Waals surface area contributed by atoms with Crippen LogP contribution in [0.4, 0.5) is 11.5 Å². The molecule has 92 valence electrons. The Hall–Kier alpha value is -2.67. The number of nitrogen functional groups attached to an aromatic ring is 1. The van der Waals surface area contributed by atoms with Crippen molar-refractivity contribution in [3.8, 4) is 11.6 Å². The van der Waals surface area contributed by atoms with E-state index in [1.807, 2.05) is 6.07 Å². The molecule has 0 fully saturated rings. The van der Waals surface area contributed by atoms with Crippen molar-refractivity contribution in [3.05, 3.63) is 52.6 Å². The van der Waals surface area contributed by atoms with Crippen molar-refractivity contribution in [3.63, 3.8) is 0 Å². The third-order valence-electron chi connectivity index (χ3n) is 2.11. The summed E-state index contributed by atoms with van der Waals surface area (Å²) in [5.74, 6) is 5.99. The zero-order valence-corrected chi connectivity index (χ0v) is 9.24. The number of anilines is 1. The van der Waals surface area contributed by atoms with Crippen LogP contribution in [0, 0.1) is 10.1 Å². The van der Waals surface area contributed by atoms with E-state index in [1.54, 1.807) is 24.3 Å². The van der Waals surface area contributed by atoms with E-state index in [-0.39, 0.29) is 17.4 Å². The molecule has 0 amide bonds. The maximum absolute atomic E-state index is 10.7. The topological polar surface area (TPSA) is 103 Å². The Balaban J connectivity index is 2.32. The third-order valence-corrected chi connectivity index (χ3v) is 2.11. The van der Waals surface area contributed by atoms with Crippen LogP contribution in [0.1, 0.15) is 0 Å². The number of nitro groups is 1. The van der Waals surface area contributed by atoms with Crippen LogP contribution >= 0.6 is 0 Å². The smallest absolute Gasteiger partial charge is 0.278 e. The Labute approximate surface area is 102 Å². The first-order valence-electron chi connectivity index (χ1n) is 5.05. The number of hydrazine groups is 1. The third kappa shape index (κ3) is 2.71. The number of hydrogen-bond acceptors (Lipinski definition) is 6. The first-order chi connectivity index (χ1) is 8.69. The van der Waals surface area contributed by atoms with Gasteiger partial charge in [0, 0.05) is 0 Å². The lowest BCUT2D eigenvalue weighted by Crippen LogP contribution is -2.09. The number of rotatable bonds is 4. The van der Waals surface area contributed by atoms with Crippen LogP contribution in [-0.2, 0) is 0 Å². The molecule has 0 radical (unpaired) electrons. The molecule has 2 aromatic rings. The normalized spacial score (nSPS) is 9.83. The number of nitrogens with zero attached hydrogens (tertiary/aromatic N) is 2. The molecule has 0 aliphatic carbocycles. The van der Waals surface area contributed by atoms with Crippen molar-refractivity contribution < 1.29 is 9.66 Å². The molecule has 7 nitrogen and oxygen atoms in total. The number of nitrogens with two attached hydrogens (primary N) is 1. The fraction of sp³-hybridized carbons (Fsp3) is 0. The molecule has 0 bridgehead atoms. The molecule has 0 unspecified atom stereocenters. The van der Waals surface area contributed by atoms with Gasteiger partial charge in [-0.05, 0) is 12.1 Å². The minimum Gasteiger partial charge on any atom is -0.439 e. The molecule has 3 N–H and O–H groups in total. The summed E-state index contributed by atoms with van der Waals surface area (Å²) in [5, 5.41) is 10.7. The second kappa shape index (κ2) is 5.11. The van der Waals surface area contributed by atoms with Gasteiger partial charge < -0.3 is 10.2 Å². The highest BCUT2D eigenvalue weighted by molar-refractivity contribution is 5.48. The predicted molar refractivity (Wildman–Crippen MR) is 65.2 cm³/mol. The van der Waals surface area contributed by atoms with Gasteiger partial charge in [-0.1, -0.05) is 18.2 Å². The van der Waals surface area contributed by atoms with Gasteiger partial charge in [0.2, 0.25) is 5.88 Å². The fourth-order valence-corrected chi connectivity index (χ4v) is 1.33. The molecule has 1 heterocycles. The van der Waals surface area contributed by atoms with Gasteiger partial charge in [-0.2, -0.15) is 4.98 Å². The number of hydrogen-bond donors (Lipinski definition) is 2. The summed E-state index contributed by atoms with van der Waals surface area (Å²) < 4.78 is 5.40. The summed E-state index contributed by atoms with van der Waals surface area (Å²) >= 11 is 0. The molecule has 2 rings (SSSR count). The second-order valence-electron chi connectivity index (χ2n) is 3.37. The summed E-state index contributed by atoms with van der Waals surface area (Å²) in [6, 6.07) is 11.3. The van der Waals surface area contributed by atoms with Crippen molar-refractivity contribution in [2.24, 2.45) is 5.84 Å². The van der Waals surface area contributed by atoms with Gasteiger partial charge in [-0.15, -0.1) is 0 Å². The van der Waals surface area contributed by atoms with Crippen LogP contribution < -0.4 is 16.0 Å². The fourth-order valence-electron chi connectivity index (χ4n) is 1.33. The maximum atomic E-state index is 10.7. The standard InChI is InChI=1S/C11H10N4O3/c12-14-10-6-8(15(16)17)7-11(13-10)18-9-4-2-1-3-5-9/h1-7H,12H2,(H,13,14). The molecular formula is C11H10N4O3. The molecule has 7 heteroatoms. The van der Waals surface area contributed by atoms with E-state index >= 15 is 0 Å². The van der Waals surface area contributed by atoms with Crippen LogP contribution in [0.15, 0.2) is 42.5 Å². The van der Waals surface area contributed by atoms with E-state index in [9.17, 15) is 10.1 Å². The number of benzene rings is 1. The molecule has 0 spiro atoms. The number of nitrogens with one attached hydrogen (secondary N) is 1. The summed E-state index contributed by atoms with van der Waals surface area (Å²) in [4.78, 5) is 14.2. The van der Waals surface area contributed by atoms with Crippen molar-refractivity contribution >= 4 is 11.5 Å². The van der Waals surface area contributed by atoms with Crippen molar-refractivity contribution in [1.29, 1.82) is 0 Å². The number of aromatic nitrogens is 1. The average Bonchev–Trinajstić information content (AvgIpc) is 2.39.